The van der Waals surface area contributed by atoms with E-state index in [-0.39, 0.29) is 6.04 Å². The van der Waals surface area contributed by atoms with E-state index < -0.39 is 0 Å². The predicted octanol–water partition coefficient (Wildman–Crippen LogP) is 1.81. The topological polar surface area (TPSA) is 75.2 Å². The second kappa shape index (κ2) is 7.50. The van der Waals surface area contributed by atoms with E-state index in [0.717, 1.165) is 44.2 Å². The molecule has 4 heterocycles. The number of hydrogen-bond donors (Lipinski definition) is 2. The van der Waals surface area contributed by atoms with Crippen molar-refractivity contribution in [1.29, 1.82) is 0 Å². The van der Waals surface area contributed by atoms with E-state index in [1.54, 1.807) is 6.33 Å². The van der Waals surface area contributed by atoms with Gasteiger partial charge in [0.15, 0.2) is 0 Å². The quantitative estimate of drug-likeness (QED) is 0.858. The largest absolute Gasteiger partial charge is 0.378 e. The van der Waals surface area contributed by atoms with Gasteiger partial charge in [0.25, 0.3) is 0 Å². The maximum Gasteiger partial charge on any atom is 0.132 e. The molecule has 2 saturated heterocycles. The monoisotopic (exact) mass is 366 g/mol. The molecule has 2 aliphatic heterocycles. The van der Waals surface area contributed by atoms with Crippen LogP contribution in [0.25, 0.3) is 0 Å². The summed E-state index contributed by atoms with van der Waals surface area (Å²) < 4.78 is 5.46. The molecular weight excluding hydrogens is 340 g/mol. The van der Waals surface area contributed by atoms with E-state index in [9.17, 15) is 0 Å². The molecule has 0 spiro atoms. The van der Waals surface area contributed by atoms with E-state index in [1.807, 2.05) is 18.5 Å². The van der Waals surface area contributed by atoms with Crippen molar-refractivity contribution < 1.29 is 4.74 Å². The molecule has 0 amide bonds. The first-order chi connectivity index (χ1) is 13.4. The van der Waals surface area contributed by atoms with Gasteiger partial charge >= 0.3 is 0 Å². The molecule has 0 radical (unpaired) electrons. The average Bonchev–Trinajstić information content (AvgIpc) is 3.18. The molecule has 5 rings (SSSR count). The zero-order valence-electron chi connectivity index (χ0n) is 15.4. The normalized spacial score (nSPS) is 30.9. The number of aromatic nitrogens is 3. The number of ether oxygens (including phenoxy) is 1. The van der Waals surface area contributed by atoms with Crippen molar-refractivity contribution in [2.75, 3.05) is 31.2 Å². The van der Waals surface area contributed by atoms with E-state index in [4.69, 9.17) is 4.74 Å². The van der Waals surface area contributed by atoms with Crippen molar-refractivity contribution in [2.24, 2.45) is 5.92 Å². The molecule has 27 heavy (non-hydrogen) atoms. The molecule has 2 aromatic heterocycles. The first-order valence-electron chi connectivity index (χ1n) is 9.94. The molecule has 2 aromatic rings. The van der Waals surface area contributed by atoms with Crippen molar-refractivity contribution in [2.45, 2.75) is 37.3 Å². The van der Waals surface area contributed by atoms with Crippen LogP contribution in [0.4, 0.5) is 5.82 Å². The number of hydrogen-bond acceptors (Lipinski definition) is 7. The number of nitrogens with zero attached hydrogens (tertiary/aromatic N) is 4. The molecule has 1 saturated carbocycles. The van der Waals surface area contributed by atoms with Gasteiger partial charge in [-0.3, -0.25) is 10.4 Å². The fourth-order valence-electron chi connectivity index (χ4n) is 4.77. The standard InChI is InChI=1S/C20H26N6O/c1-2-15(12-21-5-1)14-3-4-17-16(10-14)20(25-24-17)18-11-19(23-13-22-18)26-6-8-27-9-7-26/h1-2,5,11-14,16-17,20,24-25H,3-4,6-10H2. The molecule has 4 atom stereocenters. The van der Waals surface area contributed by atoms with Crippen LogP contribution >= 0.6 is 0 Å². The second-order valence-corrected chi connectivity index (χ2v) is 7.73. The zero-order chi connectivity index (χ0) is 18.1. The highest BCUT2D eigenvalue weighted by molar-refractivity contribution is 5.40. The minimum atomic E-state index is 0.220. The summed E-state index contributed by atoms with van der Waals surface area (Å²) in [6, 6.07) is 7.13. The Balaban J connectivity index is 1.36. The van der Waals surface area contributed by atoms with Gasteiger partial charge in [0.2, 0.25) is 0 Å². The Hall–Kier alpha value is -2.09. The minimum Gasteiger partial charge on any atom is -0.378 e. The van der Waals surface area contributed by atoms with E-state index in [2.05, 4.69) is 42.8 Å². The summed E-state index contributed by atoms with van der Waals surface area (Å²) in [4.78, 5) is 15.7. The summed E-state index contributed by atoms with van der Waals surface area (Å²) >= 11 is 0. The van der Waals surface area contributed by atoms with Crippen LogP contribution in [0, 0.1) is 5.92 Å². The van der Waals surface area contributed by atoms with Gasteiger partial charge in [0.05, 0.1) is 24.9 Å². The van der Waals surface area contributed by atoms with Crippen molar-refractivity contribution in [3.05, 3.63) is 48.2 Å². The molecule has 3 fully saturated rings. The molecule has 4 unspecified atom stereocenters. The number of pyridine rings is 1. The fourth-order valence-corrected chi connectivity index (χ4v) is 4.77. The van der Waals surface area contributed by atoms with Crippen LogP contribution in [-0.2, 0) is 4.74 Å². The Morgan fingerprint density at radius 3 is 2.89 bits per heavy atom. The summed E-state index contributed by atoms with van der Waals surface area (Å²) in [5.74, 6) is 2.11. The summed E-state index contributed by atoms with van der Waals surface area (Å²) in [6.45, 7) is 3.31. The fraction of sp³-hybridized carbons (Fsp3) is 0.550. The lowest BCUT2D eigenvalue weighted by Crippen LogP contribution is -2.37. The predicted molar refractivity (Wildman–Crippen MR) is 102 cm³/mol. The molecule has 3 aliphatic rings. The maximum absolute atomic E-state index is 5.46. The number of nitrogens with one attached hydrogen (secondary N) is 2. The van der Waals surface area contributed by atoms with Crippen LogP contribution in [0.3, 0.4) is 0 Å². The van der Waals surface area contributed by atoms with Gasteiger partial charge in [0, 0.05) is 37.6 Å². The van der Waals surface area contributed by atoms with Crippen molar-refractivity contribution in [3.63, 3.8) is 0 Å². The third-order valence-electron chi connectivity index (χ3n) is 6.24. The number of morpholine rings is 1. The number of rotatable bonds is 3. The average molecular weight is 366 g/mol. The first kappa shape index (κ1) is 17.0. The van der Waals surface area contributed by atoms with Crippen LogP contribution in [0.2, 0.25) is 0 Å². The van der Waals surface area contributed by atoms with Gasteiger partial charge in [-0.1, -0.05) is 6.07 Å². The lowest BCUT2D eigenvalue weighted by atomic mass is 9.73. The van der Waals surface area contributed by atoms with Gasteiger partial charge in [-0.15, -0.1) is 0 Å². The summed E-state index contributed by atoms with van der Waals surface area (Å²) in [6.07, 6.45) is 9.11. The van der Waals surface area contributed by atoms with Crippen molar-refractivity contribution >= 4 is 5.82 Å². The molecule has 2 N–H and O–H groups in total. The summed E-state index contributed by atoms with van der Waals surface area (Å²) in [7, 11) is 0. The maximum atomic E-state index is 5.46. The summed E-state index contributed by atoms with van der Waals surface area (Å²) in [5, 5.41) is 0. The third-order valence-corrected chi connectivity index (χ3v) is 6.24. The van der Waals surface area contributed by atoms with Crippen LogP contribution in [0.15, 0.2) is 36.9 Å². The van der Waals surface area contributed by atoms with Crippen molar-refractivity contribution in [1.82, 2.24) is 25.8 Å². The molecule has 1 aliphatic carbocycles. The van der Waals surface area contributed by atoms with Gasteiger partial charge in [-0.25, -0.2) is 15.4 Å². The van der Waals surface area contributed by atoms with Gasteiger partial charge < -0.3 is 9.64 Å². The lowest BCUT2D eigenvalue weighted by molar-refractivity contribution is 0.122. The van der Waals surface area contributed by atoms with Crippen LogP contribution in [0.1, 0.15) is 42.5 Å². The van der Waals surface area contributed by atoms with Crippen LogP contribution in [0.5, 0.6) is 0 Å². The Kier molecular flexibility index (Phi) is 4.73. The van der Waals surface area contributed by atoms with Gasteiger partial charge in [-0.2, -0.15) is 0 Å². The smallest absolute Gasteiger partial charge is 0.132 e. The molecule has 142 valence electrons. The molecule has 0 aromatic carbocycles. The Bertz CT molecular complexity index is 766. The third kappa shape index (κ3) is 3.42. The number of fused-ring (bicyclic) bond motifs is 1. The van der Waals surface area contributed by atoms with Gasteiger partial charge in [-0.05, 0) is 42.7 Å². The van der Waals surface area contributed by atoms with E-state index in [1.165, 1.54) is 18.4 Å². The molecule has 7 nitrogen and oxygen atoms in total. The number of anilines is 1. The van der Waals surface area contributed by atoms with E-state index >= 15 is 0 Å². The molecule has 0 bridgehead atoms. The Morgan fingerprint density at radius 1 is 1.11 bits per heavy atom. The first-order valence-corrected chi connectivity index (χ1v) is 9.94. The molecular formula is C20H26N6O. The zero-order valence-corrected chi connectivity index (χ0v) is 15.4. The van der Waals surface area contributed by atoms with E-state index in [0.29, 0.717) is 17.9 Å². The second-order valence-electron chi connectivity index (χ2n) is 7.73. The highest BCUT2D eigenvalue weighted by Gasteiger charge is 2.42. The highest BCUT2D eigenvalue weighted by atomic mass is 16.5. The lowest BCUT2D eigenvalue weighted by Gasteiger charge is -2.33. The van der Waals surface area contributed by atoms with Crippen LogP contribution < -0.4 is 15.8 Å². The van der Waals surface area contributed by atoms with Gasteiger partial charge in [0.1, 0.15) is 12.1 Å². The SMILES string of the molecule is c1cncc(C2CCC3NNC(c4cc(N5CCOCC5)ncn4)C3C2)c1. The molecule has 7 heteroatoms. The van der Waals surface area contributed by atoms with Crippen molar-refractivity contribution in [3.8, 4) is 0 Å². The highest BCUT2D eigenvalue weighted by Crippen LogP contribution is 2.43. The Labute approximate surface area is 159 Å². The number of hydrazine groups is 1. The minimum absolute atomic E-state index is 0.220. The Morgan fingerprint density at radius 2 is 2.04 bits per heavy atom. The summed E-state index contributed by atoms with van der Waals surface area (Å²) in [5.41, 5.74) is 9.48. The van der Waals surface area contributed by atoms with Crippen LogP contribution in [-0.4, -0.2) is 47.3 Å².